The molecule has 0 heterocycles. The molecule has 0 atom stereocenters. The number of aryl methyl sites for hydroxylation is 1. The maximum atomic E-state index is 13.9. The Bertz CT molecular complexity index is 640. The van der Waals surface area contributed by atoms with Gasteiger partial charge in [0.1, 0.15) is 0 Å². The lowest BCUT2D eigenvalue weighted by Crippen LogP contribution is -2.07. The fourth-order valence-corrected chi connectivity index (χ4v) is 2.31. The van der Waals surface area contributed by atoms with Crippen LogP contribution in [0, 0.1) is 12.7 Å². The Morgan fingerprint density at radius 3 is 2.74 bits per heavy atom. The molecule has 0 spiro atoms. The molecule has 0 fully saturated rings. The van der Waals surface area contributed by atoms with Gasteiger partial charge in [0, 0.05) is 10.9 Å². The predicted octanol–water partition coefficient (Wildman–Crippen LogP) is 4.98. The minimum absolute atomic E-state index is 0.0229. The molecule has 0 unspecified atom stereocenters. The second kappa shape index (κ2) is 5.85. The highest BCUT2D eigenvalue weighted by molar-refractivity contribution is 9.10. The van der Waals surface area contributed by atoms with Crippen LogP contribution >= 0.6 is 27.5 Å². The topological polar surface area (TPSA) is 17.1 Å². The summed E-state index contributed by atoms with van der Waals surface area (Å²) in [5, 5.41) is -0.0601. The molecule has 0 bridgehead atoms. The van der Waals surface area contributed by atoms with E-state index in [0.717, 1.165) is 11.1 Å². The first-order valence-electron chi connectivity index (χ1n) is 5.71. The van der Waals surface area contributed by atoms with Gasteiger partial charge in [0.15, 0.2) is 11.6 Å². The van der Waals surface area contributed by atoms with Crippen molar-refractivity contribution in [2.75, 3.05) is 0 Å². The average molecular weight is 342 g/mol. The molecule has 0 aliphatic rings. The van der Waals surface area contributed by atoms with Crippen molar-refractivity contribution in [3.8, 4) is 0 Å². The Morgan fingerprint density at radius 2 is 2.05 bits per heavy atom. The van der Waals surface area contributed by atoms with Crippen LogP contribution in [0.2, 0.25) is 5.02 Å². The molecule has 0 saturated heterocycles. The molecule has 98 valence electrons. The van der Waals surface area contributed by atoms with Gasteiger partial charge < -0.3 is 0 Å². The van der Waals surface area contributed by atoms with E-state index in [4.69, 9.17) is 11.6 Å². The summed E-state index contributed by atoms with van der Waals surface area (Å²) in [4.78, 5) is 12.1. The first kappa shape index (κ1) is 14.2. The number of hydrogen-bond acceptors (Lipinski definition) is 1. The van der Waals surface area contributed by atoms with Gasteiger partial charge in [0.2, 0.25) is 0 Å². The number of rotatable bonds is 3. The maximum absolute atomic E-state index is 13.9. The Hall–Kier alpha value is -1.19. The molecular weight excluding hydrogens is 331 g/mol. The van der Waals surface area contributed by atoms with Gasteiger partial charge in [-0.2, -0.15) is 0 Å². The van der Waals surface area contributed by atoms with Crippen molar-refractivity contribution in [3.63, 3.8) is 0 Å². The summed E-state index contributed by atoms with van der Waals surface area (Å²) in [6, 6.07) is 10.6. The Balaban J connectivity index is 2.28. The molecule has 0 N–H and O–H groups in total. The Labute approximate surface area is 124 Å². The van der Waals surface area contributed by atoms with Crippen molar-refractivity contribution in [3.05, 3.63) is 68.4 Å². The molecule has 2 aromatic rings. The molecule has 2 aromatic carbocycles. The van der Waals surface area contributed by atoms with Crippen LogP contribution in [0.25, 0.3) is 0 Å². The van der Waals surface area contributed by atoms with Crippen LogP contribution in [0.5, 0.6) is 0 Å². The lowest BCUT2D eigenvalue weighted by molar-refractivity contribution is 0.0989. The Morgan fingerprint density at radius 1 is 1.32 bits per heavy atom. The van der Waals surface area contributed by atoms with Crippen LogP contribution in [-0.4, -0.2) is 5.78 Å². The van der Waals surface area contributed by atoms with Crippen LogP contribution in [0.1, 0.15) is 21.5 Å². The number of carbonyl (C=O) groups is 1. The highest BCUT2D eigenvalue weighted by Crippen LogP contribution is 2.28. The standard InChI is InChI=1S/C15H11BrClFO/c1-9-3-2-4-10(7-9)8-13(19)11-5-6-12(16)14(17)15(11)18/h2-7H,8H2,1H3. The van der Waals surface area contributed by atoms with Gasteiger partial charge >= 0.3 is 0 Å². The average Bonchev–Trinajstić information content (AvgIpc) is 2.36. The molecule has 0 aliphatic carbocycles. The minimum Gasteiger partial charge on any atom is -0.294 e. The van der Waals surface area contributed by atoms with E-state index in [1.807, 2.05) is 31.2 Å². The maximum Gasteiger partial charge on any atom is 0.170 e. The summed E-state index contributed by atoms with van der Waals surface area (Å²) in [6.07, 6.45) is 0.163. The Kier molecular flexibility index (Phi) is 4.38. The second-order valence-corrected chi connectivity index (χ2v) is 5.54. The van der Waals surface area contributed by atoms with Crippen LogP contribution in [0.3, 0.4) is 0 Å². The molecule has 2 rings (SSSR count). The minimum atomic E-state index is -0.673. The molecule has 0 amide bonds. The highest BCUT2D eigenvalue weighted by atomic mass is 79.9. The van der Waals surface area contributed by atoms with E-state index in [0.29, 0.717) is 4.47 Å². The largest absolute Gasteiger partial charge is 0.294 e. The number of carbonyl (C=O) groups excluding carboxylic acids is 1. The number of ketones is 1. The van der Waals surface area contributed by atoms with E-state index in [1.165, 1.54) is 6.07 Å². The molecule has 0 radical (unpaired) electrons. The first-order chi connectivity index (χ1) is 8.99. The predicted molar refractivity (Wildman–Crippen MR) is 78.3 cm³/mol. The zero-order chi connectivity index (χ0) is 14.0. The van der Waals surface area contributed by atoms with Crippen LogP contribution in [0.15, 0.2) is 40.9 Å². The van der Waals surface area contributed by atoms with Crippen molar-refractivity contribution in [1.29, 1.82) is 0 Å². The lowest BCUT2D eigenvalue weighted by Gasteiger charge is -2.06. The number of Topliss-reactive ketones (excluding diaryl/α,β-unsaturated/α-hetero) is 1. The van der Waals surface area contributed by atoms with E-state index in [9.17, 15) is 9.18 Å². The summed E-state index contributed by atoms with van der Waals surface area (Å²) >= 11 is 8.90. The van der Waals surface area contributed by atoms with Crippen molar-refractivity contribution >= 4 is 33.3 Å². The molecule has 1 nitrogen and oxygen atoms in total. The molecule has 19 heavy (non-hydrogen) atoms. The van der Waals surface area contributed by atoms with Crippen molar-refractivity contribution in [1.82, 2.24) is 0 Å². The van der Waals surface area contributed by atoms with Gasteiger partial charge in [0.25, 0.3) is 0 Å². The summed E-state index contributed by atoms with van der Waals surface area (Å²) in [5.41, 5.74) is 1.96. The van der Waals surface area contributed by atoms with Crippen LogP contribution in [0.4, 0.5) is 4.39 Å². The van der Waals surface area contributed by atoms with Crippen LogP contribution in [-0.2, 0) is 6.42 Å². The fraction of sp³-hybridized carbons (Fsp3) is 0.133. The van der Waals surface area contributed by atoms with E-state index in [-0.39, 0.29) is 22.8 Å². The third-order valence-electron chi connectivity index (χ3n) is 2.78. The van der Waals surface area contributed by atoms with Gasteiger partial charge in [0.05, 0.1) is 10.6 Å². The smallest absolute Gasteiger partial charge is 0.170 e. The van der Waals surface area contributed by atoms with Gasteiger partial charge in [-0.05, 0) is 40.5 Å². The first-order valence-corrected chi connectivity index (χ1v) is 6.88. The molecule has 0 aliphatic heterocycles. The molecule has 0 saturated carbocycles. The van der Waals surface area contributed by atoms with E-state index in [2.05, 4.69) is 15.9 Å². The van der Waals surface area contributed by atoms with Crippen molar-refractivity contribution < 1.29 is 9.18 Å². The highest BCUT2D eigenvalue weighted by Gasteiger charge is 2.16. The summed E-state index contributed by atoms with van der Waals surface area (Å²) in [6.45, 7) is 1.95. The lowest BCUT2D eigenvalue weighted by atomic mass is 10.0. The SMILES string of the molecule is Cc1cccc(CC(=O)c2ccc(Br)c(Cl)c2F)c1. The normalized spacial score (nSPS) is 10.5. The summed E-state index contributed by atoms with van der Waals surface area (Å²) in [5.74, 6) is -0.953. The molecule has 0 aromatic heterocycles. The monoisotopic (exact) mass is 340 g/mol. The molecule has 4 heteroatoms. The van der Waals surface area contributed by atoms with Crippen LogP contribution < -0.4 is 0 Å². The quantitative estimate of drug-likeness (QED) is 0.569. The third-order valence-corrected chi connectivity index (χ3v) is 4.04. The fourth-order valence-electron chi connectivity index (χ4n) is 1.84. The van der Waals surface area contributed by atoms with E-state index >= 15 is 0 Å². The van der Waals surface area contributed by atoms with Gasteiger partial charge in [-0.3, -0.25) is 4.79 Å². The zero-order valence-electron chi connectivity index (χ0n) is 10.2. The zero-order valence-corrected chi connectivity index (χ0v) is 12.6. The number of halogens is 3. The summed E-state index contributed by atoms with van der Waals surface area (Å²) in [7, 11) is 0. The molecular formula is C15H11BrClFO. The second-order valence-electron chi connectivity index (χ2n) is 4.31. The number of benzene rings is 2. The van der Waals surface area contributed by atoms with Gasteiger partial charge in [-0.1, -0.05) is 41.4 Å². The van der Waals surface area contributed by atoms with Gasteiger partial charge in [-0.15, -0.1) is 0 Å². The van der Waals surface area contributed by atoms with E-state index in [1.54, 1.807) is 6.07 Å². The van der Waals surface area contributed by atoms with Gasteiger partial charge in [-0.25, -0.2) is 4.39 Å². The summed E-state index contributed by atoms with van der Waals surface area (Å²) < 4.78 is 14.4. The number of hydrogen-bond donors (Lipinski definition) is 0. The van der Waals surface area contributed by atoms with Crippen molar-refractivity contribution in [2.24, 2.45) is 0 Å². The van der Waals surface area contributed by atoms with E-state index < -0.39 is 5.82 Å². The third kappa shape index (κ3) is 3.23. The van der Waals surface area contributed by atoms with Crippen molar-refractivity contribution in [2.45, 2.75) is 13.3 Å².